The van der Waals surface area contributed by atoms with Gasteiger partial charge in [-0.15, -0.1) is 11.8 Å². The number of thioether (sulfide) groups is 1. The lowest BCUT2D eigenvalue weighted by molar-refractivity contribution is -0.118. The zero-order chi connectivity index (χ0) is 11.3. The molecule has 0 aliphatic carbocycles. The second kappa shape index (κ2) is 5.59. The highest BCUT2D eigenvalue weighted by Crippen LogP contribution is 2.36. The standard InChI is InChI=1S/C12H20O2S/c1-4-6-10(13)11(5-2)15-12(3)7-8-14-9-12/h7-8,11H,4-6,9H2,1-3H3. The van der Waals surface area contributed by atoms with Gasteiger partial charge in [-0.25, -0.2) is 0 Å². The number of ether oxygens (including phenoxy) is 1. The lowest BCUT2D eigenvalue weighted by atomic mass is 10.1. The summed E-state index contributed by atoms with van der Waals surface area (Å²) in [4.78, 5) is 11.8. The highest BCUT2D eigenvalue weighted by atomic mass is 32.2. The first-order valence-electron chi connectivity index (χ1n) is 5.61. The first-order valence-corrected chi connectivity index (χ1v) is 6.49. The molecule has 0 fully saturated rings. The maximum absolute atomic E-state index is 11.8. The number of hydrogen-bond donors (Lipinski definition) is 0. The van der Waals surface area contributed by atoms with E-state index < -0.39 is 0 Å². The van der Waals surface area contributed by atoms with Crippen LogP contribution in [0.25, 0.3) is 0 Å². The average Bonchev–Trinajstić information content (AvgIpc) is 2.62. The van der Waals surface area contributed by atoms with Gasteiger partial charge in [-0.2, -0.15) is 0 Å². The predicted octanol–water partition coefficient (Wildman–Crippen LogP) is 3.17. The molecule has 0 saturated carbocycles. The molecule has 2 nitrogen and oxygen atoms in total. The molecule has 0 radical (unpaired) electrons. The van der Waals surface area contributed by atoms with Crippen LogP contribution < -0.4 is 0 Å². The Bertz CT molecular complexity index is 250. The number of Topliss-reactive ketones (excluding diaryl/α,β-unsaturated/α-hetero) is 1. The Morgan fingerprint density at radius 3 is 2.80 bits per heavy atom. The van der Waals surface area contributed by atoms with Gasteiger partial charge in [0.2, 0.25) is 0 Å². The minimum absolute atomic E-state index is 0.00984. The number of carbonyl (C=O) groups is 1. The van der Waals surface area contributed by atoms with Crippen molar-refractivity contribution in [2.75, 3.05) is 6.61 Å². The van der Waals surface area contributed by atoms with Crippen molar-refractivity contribution in [2.24, 2.45) is 0 Å². The van der Waals surface area contributed by atoms with Crippen molar-refractivity contribution in [3.63, 3.8) is 0 Å². The number of rotatable bonds is 6. The van der Waals surface area contributed by atoms with E-state index >= 15 is 0 Å². The van der Waals surface area contributed by atoms with Crippen molar-refractivity contribution in [3.8, 4) is 0 Å². The fraction of sp³-hybridized carbons (Fsp3) is 0.750. The van der Waals surface area contributed by atoms with Gasteiger partial charge in [-0.1, -0.05) is 13.8 Å². The molecule has 1 rings (SSSR count). The molecular formula is C12H20O2S. The fourth-order valence-electron chi connectivity index (χ4n) is 1.64. The third-order valence-electron chi connectivity index (χ3n) is 2.52. The molecule has 2 atom stereocenters. The summed E-state index contributed by atoms with van der Waals surface area (Å²) in [6.45, 7) is 6.94. The lowest BCUT2D eigenvalue weighted by Crippen LogP contribution is -2.27. The molecule has 0 aromatic heterocycles. The second-order valence-corrected chi connectivity index (χ2v) is 5.89. The molecule has 0 aromatic carbocycles. The van der Waals surface area contributed by atoms with E-state index in [4.69, 9.17) is 4.74 Å². The quantitative estimate of drug-likeness (QED) is 0.698. The molecule has 1 heterocycles. The monoisotopic (exact) mass is 228 g/mol. The molecule has 0 saturated heterocycles. The predicted molar refractivity (Wildman–Crippen MR) is 65.1 cm³/mol. The number of ketones is 1. The minimum atomic E-state index is -0.00984. The SMILES string of the molecule is CCCC(=O)C(CC)SC1(C)C=COC1. The molecular weight excluding hydrogens is 208 g/mol. The summed E-state index contributed by atoms with van der Waals surface area (Å²) in [5, 5.41) is 0.126. The van der Waals surface area contributed by atoms with Gasteiger partial charge in [0.1, 0.15) is 12.4 Å². The molecule has 0 N–H and O–H groups in total. The van der Waals surface area contributed by atoms with E-state index in [1.54, 1.807) is 18.0 Å². The second-order valence-electron chi connectivity index (χ2n) is 4.16. The van der Waals surface area contributed by atoms with E-state index in [1.165, 1.54) is 0 Å². The zero-order valence-corrected chi connectivity index (χ0v) is 10.6. The van der Waals surface area contributed by atoms with Crippen molar-refractivity contribution in [2.45, 2.75) is 50.0 Å². The van der Waals surface area contributed by atoms with E-state index in [-0.39, 0.29) is 10.00 Å². The normalized spacial score (nSPS) is 26.3. The summed E-state index contributed by atoms with van der Waals surface area (Å²) >= 11 is 1.74. The van der Waals surface area contributed by atoms with Crippen LogP contribution >= 0.6 is 11.8 Å². The van der Waals surface area contributed by atoms with E-state index in [0.29, 0.717) is 18.8 Å². The topological polar surface area (TPSA) is 26.3 Å². The van der Waals surface area contributed by atoms with Crippen LogP contribution in [0.1, 0.15) is 40.0 Å². The molecule has 3 heteroatoms. The Balaban J connectivity index is 2.52. The van der Waals surface area contributed by atoms with E-state index in [2.05, 4.69) is 26.8 Å². The van der Waals surface area contributed by atoms with Crippen LogP contribution in [0.15, 0.2) is 12.3 Å². The van der Waals surface area contributed by atoms with Gasteiger partial charge in [0, 0.05) is 6.42 Å². The first kappa shape index (κ1) is 12.6. The summed E-state index contributed by atoms with van der Waals surface area (Å²) in [5.74, 6) is 0.381. The maximum Gasteiger partial charge on any atom is 0.145 e. The van der Waals surface area contributed by atoms with Crippen molar-refractivity contribution >= 4 is 17.5 Å². The molecule has 0 aromatic rings. The summed E-state index contributed by atoms with van der Waals surface area (Å²) in [5.41, 5.74) is 0. The van der Waals surface area contributed by atoms with Crippen LogP contribution in [0.5, 0.6) is 0 Å². The highest BCUT2D eigenvalue weighted by molar-refractivity contribution is 8.02. The van der Waals surface area contributed by atoms with Gasteiger partial charge >= 0.3 is 0 Å². The summed E-state index contributed by atoms with van der Waals surface area (Å²) in [6.07, 6.45) is 6.35. The smallest absolute Gasteiger partial charge is 0.145 e. The Morgan fingerprint density at radius 1 is 1.60 bits per heavy atom. The fourth-order valence-corrected chi connectivity index (χ4v) is 2.97. The Kier molecular flexibility index (Phi) is 4.71. The van der Waals surface area contributed by atoms with Gasteiger partial charge < -0.3 is 4.74 Å². The van der Waals surface area contributed by atoms with Crippen molar-refractivity contribution < 1.29 is 9.53 Å². The Hall–Kier alpha value is -0.440. The van der Waals surface area contributed by atoms with Gasteiger partial charge in [0.25, 0.3) is 0 Å². The van der Waals surface area contributed by atoms with Crippen LogP contribution in [0, 0.1) is 0 Å². The summed E-state index contributed by atoms with van der Waals surface area (Å²) < 4.78 is 5.22. The van der Waals surface area contributed by atoms with Crippen LogP contribution in [-0.2, 0) is 9.53 Å². The zero-order valence-electron chi connectivity index (χ0n) is 9.79. The third kappa shape index (κ3) is 3.56. The number of carbonyl (C=O) groups excluding carboxylic acids is 1. The Morgan fingerprint density at radius 2 is 2.33 bits per heavy atom. The maximum atomic E-state index is 11.8. The van der Waals surface area contributed by atoms with Crippen molar-refractivity contribution in [3.05, 3.63) is 12.3 Å². The average molecular weight is 228 g/mol. The molecule has 15 heavy (non-hydrogen) atoms. The summed E-state index contributed by atoms with van der Waals surface area (Å²) in [6, 6.07) is 0. The summed E-state index contributed by atoms with van der Waals surface area (Å²) in [7, 11) is 0. The molecule has 86 valence electrons. The van der Waals surface area contributed by atoms with Crippen LogP contribution in [0.2, 0.25) is 0 Å². The van der Waals surface area contributed by atoms with Crippen LogP contribution in [-0.4, -0.2) is 22.4 Å². The molecule has 0 amide bonds. The van der Waals surface area contributed by atoms with Crippen LogP contribution in [0.4, 0.5) is 0 Å². The van der Waals surface area contributed by atoms with Gasteiger partial charge in [-0.3, -0.25) is 4.79 Å². The minimum Gasteiger partial charge on any atom is -0.500 e. The molecule has 0 spiro atoms. The van der Waals surface area contributed by atoms with E-state index in [1.807, 2.05) is 0 Å². The molecule has 2 unspecified atom stereocenters. The van der Waals surface area contributed by atoms with Gasteiger partial charge in [-0.05, 0) is 25.8 Å². The molecule has 0 bridgehead atoms. The van der Waals surface area contributed by atoms with E-state index in [0.717, 1.165) is 12.8 Å². The highest BCUT2D eigenvalue weighted by Gasteiger charge is 2.31. The van der Waals surface area contributed by atoms with Gasteiger partial charge in [0.05, 0.1) is 16.3 Å². The Labute approximate surface area is 96.5 Å². The van der Waals surface area contributed by atoms with Crippen LogP contribution in [0.3, 0.4) is 0 Å². The largest absolute Gasteiger partial charge is 0.500 e. The first-order chi connectivity index (χ1) is 7.11. The molecule has 1 aliphatic rings. The van der Waals surface area contributed by atoms with Crippen molar-refractivity contribution in [1.29, 1.82) is 0 Å². The number of hydrogen-bond acceptors (Lipinski definition) is 3. The van der Waals surface area contributed by atoms with Gasteiger partial charge in [0.15, 0.2) is 0 Å². The lowest BCUT2D eigenvalue weighted by Gasteiger charge is -2.24. The van der Waals surface area contributed by atoms with Crippen molar-refractivity contribution in [1.82, 2.24) is 0 Å². The third-order valence-corrected chi connectivity index (χ3v) is 4.20. The molecule has 1 aliphatic heterocycles. The van der Waals surface area contributed by atoms with E-state index in [9.17, 15) is 4.79 Å².